The van der Waals surface area contributed by atoms with Gasteiger partial charge in [0.1, 0.15) is 5.82 Å². The van der Waals surface area contributed by atoms with E-state index in [0.717, 1.165) is 35.8 Å². The number of piperidine rings is 1. The van der Waals surface area contributed by atoms with E-state index in [0.29, 0.717) is 0 Å². The standard InChI is InChI=1S/C14H20FN.C3H8/c1-10-4-6-16(7-5-10)14-12(3)8-11(2)9-13(14)15;1-3-2/h8-10H,4-7H2,1-3H3;3H2,1-2H3. The average molecular weight is 265 g/mol. The van der Waals surface area contributed by atoms with Crippen molar-refractivity contribution in [2.24, 2.45) is 5.92 Å². The maximum absolute atomic E-state index is 14.0. The van der Waals surface area contributed by atoms with E-state index in [1.54, 1.807) is 6.07 Å². The molecule has 0 atom stereocenters. The number of hydrogen-bond acceptors (Lipinski definition) is 1. The Labute approximate surface area is 117 Å². The molecule has 1 heterocycles. The van der Waals surface area contributed by atoms with Crippen molar-refractivity contribution in [3.8, 4) is 0 Å². The molecular weight excluding hydrogens is 237 g/mol. The van der Waals surface area contributed by atoms with Crippen LogP contribution in [-0.2, 0) is 0 Å². The molecule has 0 saturated carbocycles. The molecule has 0 spiro atoms. The molecule has 1 aliphatic rings. The van der Waals surface area contributed by atoms with Crippen LogP contribution in [0.3, 0.4) is 0 Å². The summed E-state index contributed by atoms with van der Waals surface area (Å²) in [5.74, 6) is 0.720. The fourth-order valence-electron chi connectivity index (χ4n) is 2.54. The third kappa shape index (κ3) is 4.52. The highest BCUT2D eigenvalue weighted by atomic mass is 19.1. The zero-order valence-corrected chi connectivity index (χ0v) is 13.1. The Morgan fingerprint density at radius 2 is 1.68 bits per heavy atom. The van der Waals surface area contributed by atoms with Crippen LogP contribution in [0.2, 0.25) is 0 Å². The molecule has 0 aliphatic carbocycles. The van der Waals surface area contributed by atoms with Gasteiger partial charge in [-0.3, -0.25) is 0 Å². The molecule has 0 N–H and O–H groups in total. The summed E-state index contributed by atoms with van der Waals surface area (Å²) in [5, 5.41) is 0. The van der Waals surface area contributed by atoms with Crippen LogP contribution in [0.25, 0.3) is 0 Å². The predicted octanol–water partition coefficient (Wildman–Crippen LogP) is 5.10. The first kappa shape index (κ1) is 16.0. The number of benzene rings is 1. The van der Waals surface area contributed by atoms with Crippen molar-refractivity contribution < 1.29 is 4.39 Å². The summed E-state index contributed by atoms with van der Waals surface area (Å²) in [5.41, 5.74) is 2.88. The van der Waals surface area contributed by atoms with Crippen LogP contribution in [0.1, 0.15) is 51.2 Å². The van der Waals surface area contributed by atoms with Crippen LogP contribution in [0, 0.1) is 25.6 Å². The van der Waals surface area contributed by atoms with E-state index < -0.39 is 0 Å². The van der Waals surface area contributed by atoms with Gasteiger partial charge in [-0.1, -0.05) is 33.3 Å². The zero-order valence-electron chi connectivity index (χ0n) is 13.1. The van der Waals surface area contributed by atoms with Gasteiger partial charge in [0.2, 0.25) is 0 Å². The normalized spacial score (nSPS) is 16.0. The smallest absolute Gasteiger partial charge is 0.147 e. The summed E-state index contributed by atoms with van der Waals surface area (Å²) in [6.07, 6.45) is 3.60. The van der Waals surface area contributed by atoms with Crippen molar-refractivity contribution in [1.82, 2.24) is 0 Å². The summed E-state index contributed by atoms with van der Waals surface area (Å²) in [6, 6.07) is 3.71. The quantitative estimate of drug-likeness (QED) is 0.683. The Balaban J connectivity index is 0.000000550. The molecule has 0 radical (unpaired) electrons. The molecule has 1 nitrogen and oxygen atoms in total. The maximum atomic E-state index is 14.0. The molecule has 19 heavy (non-hydrogen) atoms. The van der Waals surface area contributed by atoms with Crippen LogP contribution in [0.15, 0.2) is 12.1 Å². The largest absolute Gasteiger partial charge is 0.369 e. The molecule has 2 rings (SSSR count). The highest BCUT2D eigenvalue weighted by Crippen LogP contribution is 2.29. The zero-order chi connectivity index (χ0) is 14.4. The second kappa shape index (κ2) is 7.52. The van der Waals surface area contributed by atoms with E-state index >= 15 is 0 Å². The van der Waals surface area contributed by atoms with Crippen LogP contribution in [0.5, 0.6) is 0 Å². The minimum atomic E-state index is -0.0629. The summed E-state index contributed by atoms with van der Waals surface area (Å²) in [6.45, 7) is 12.4. The summed E-state index contributed by atoms with van der Waals surface area (Å²) in [7, 11) is 0. The van der Waals surface area contributed by atoms with Gasteiger partial charge in [0.15, 0.2) is 0 Å². The number of hydrogen-bond donors (Lipinski definition) is 0. The Bertz CT molecular complexity index is 369. The molecule has 1 aromatic carbocycles. The lowest BCUT2D eigenvalue weighted by Crippen LogP contribution is -2.33. The minimum absolute atomic E-state index is 0.0629. The fraction of sp³-hybridized carbons (Fsp3) is 0.647. The topological polar surface area (TPSA) is 3.24 Å². The molecule has 108 valence electrons. The first-order chi connectivity index (χ1) is 8.99. The molecule has 0 bridgehead atoms. The molecule has 1 fully saturated rings. The second-order valence-corrected chi connectivity index (χ2v) is 5.79. The van der Waals surface area contributed by atoms with Crippen LogP contribution in [0.4, 0.5) is 10.1 Å². The third-order valence-electron chi connectivity index (χ3n) is 3.50. The number of aryl methyl sites for hydroxylation is 2. The molecule has 0 unspecified atom stereocenters. The number of rotatable bonds is 1. The van der Waals surface area contributed by atoms with Crippen LogP contribution in [-0.4, -0.2) is 13.1 Å². The number of anilines is 1. The molecule has 1 aliphatic heterocycles. The highest BCUT2D eigenvalue weighted by Gasteiger charge is 2.20. The van der Waals surface area contributed by atoms with Crippen molar-refractivity contribution in [2.45, 2.75) is 53.9 Å². The fourth-order valence-corrected chi connectivity index (χ4v) is 2.54. The van der Waals surface area contributed by atoms with E-state index in [1.807, 2.05) is 13.8 Å². The average Bonchev–Trinajstić information content (AvgIpc) is 2.31. The molecule has 1 saturated heterocycles. The Morgan fingerprint density at radius 1 is 1.16 bits per heavy atom. The van der Waals surface area contributed by atoms with Gasteiger partial charge in [-0.25, -0.2) is 4.39 Å². The first-order valence-electron chi connectivity index (χ1n) is 7.51. The highest BCUT2D eigenvalue weighted by molar-refractivity contribution is 5.55. The SMILES string of the molecule is CCC.Cc1cc(C)c(N2CCC(C)CC2)c(F)c1. The van der Waals surface area contributed by atoms with Crippen LogP contribution < -0.4 is 4.90 Å². The lowest BCUT2D eigenvalue weighted by molar-refractivity contribution is 0.434. The van der Waals surface area contributed by atoms with Crippen molar-refractivity contribution >= 4 is 5.69 Å². The molecule has 0 amide bonds. The van der Waals surface area contributed by atoms with Crippen LogP contribution >= 0.6 is 0 Å². The lowest BCUT2D eigenvalue weighted by Gasteiger charge is -2.33. The number of nitrogens with zero attached hydrogens (tertiary/aromatic N) is 1. The van der Waals surface area contributed by atoms with Crippen molar-refractivity contribution in [3.63, 3.8) is 0 Å². The van der Waals surface area contributed by atoms with Gasteiger partial charge in [-0.05, 0) is 49.8 Å². The van der Waals surface area contributed by atoms with Gasteiger partial charge < -0.3 is 4.90 Å². The molecule has 1 aromatic rings. The Hall–Kier alpha value is -1.05. The van der Waals surface area contributed by atoms with Crippen molar-refractivity contribution in [1.29, 1.82) is 0 Å². The van der Waals surface area contributed by atoms with E-state index in [-0.39, 0.29) is 5.82 Å². The number of halogens is 1. The summed E-state index contributed by atoms with van der Waals surface area (Å²) in [4.78, 5) is 2.20. The first-order valence-corrected chi connectivity index (χ1v) is 7.51. The van der Waals surface area contributed by atoms with E-state index in [2.05, 4.69) is 31.7 Å². The Kier molecular flexibility index (Phi) is 6.33. The van der Waals surface area contributed by atoms with Gasteiger partial charge in [0, 0.05) is 13.1 Å². The molecule has 0 aromatic heterocycles. The monoisotopic (exact) mass is 265 g/mol. The van der Waals surface area contributed by atoms with E-state index in [4.69, 9.17) is 0 Å². The minimum Gasteiger partial charge on any atom is -0.369 e. The predicted molar refractivity (Wildman–Crippen MR) is 82.5 cm³/mol. The summed E-state index contributed by atoms with van der Waals surface area (Å²) >= 11 is 0. The van der Waals surface area contributed by atoms with Crippen molar-refractivity contribution in [3.05, 3.63) is 29.1 Å². The maximum Gasteiger partial charge on any atom is 0.147 e. The van der Waals surface area contributed by atoms with E-state index in [1.165, 1.54) is 19.3 Å². The van der Waals surface area contributed by atoms with Gasteiger partial charge >= 0.3 is 0 Å². The Morgan fingerprint density at radius 3 is 2.16 bits per heavy atom. The lowest BCUT2D eigenvalue weighted by atomic mass is 9.97. The van der Waals surface area contributed by atoms with E-state index in [9.17, 15) is 4.39 Å². The molecular formula is C17H28FN. The van der Waals surface area contributed by atoms with Gasteiger partial charge in [-0.2, -0.15) is 0 Å². The van der Waals surface area contributed by atoms with Crippen molar-refractivity contribution in [2.75, 3.05) is 18.0 Å². The van der Waals surface area contributed by atoms with Gasteiger partial charge in [-0.15, -0.1) is 0 Å². The summed E-state index contributed by atoms with van der Waals surface area (Å²) < 4.78 is 14.0. The molecule has 2 heteroatoms. The third-order valence-corrected chi connectivity index (χ3v) is 3.50. The second-order valence-electron chi connectivity index (χ2n) is 5.79. The van der Waals surface area contributed by atoms with Gasteiger partial charge in [0.05, 0.1) is 5.69 Å². The van der Waals surface area contributed by atoms with Gasteiger partial charge in [0.25, 0.3) is 0 Å².